The summed E-state index contributed by atoms with van der Waals surface area (Å²) in [4.78, 5) is 11.4. The average molecular weight is 363 g/mol. The van der Waals surface area contributed by atoms with E-state index in [0.29, 0.717) is 17.9 Å². The van der Waals surface area contributed by atoms with Crippen LogP contribution in [0.4, 0.5) is 5.82 Å². The summed E-state index contributed by atoms with van der Waals surface area (Å²) in [5.74, 6) is 0.500. The topological polar surface area (TPSA) is 84.9 Å². The number of benzene rings is 1. The molecule has 4 heterocycles. The summed E-state index contributed by atoms with van der Waals surface area (Å²) in [6.07, 6.45) is 3.72. The molecule has 7 nitrogen and oxygen atoms in total. The van der Waals surface area contributed by atoms with Crippen LogP contribution in [0.15, 0.2) is 30.6 Å². The van der Waals surface area contributed by atoms with Gasteiger partial charge in [0.25, 0.3) is 0 Å². The second kappa shape index (κ2) is 6.58. The zero-order valence-electron chi connectivity index (χ0n) is 15.6. The first-order valence-corrected chi connectivity index (χ1v) is 9.71. The van der Waals surface area contributed by atoms with Crippen molar-refractivity contribution in [3.63, 3.8) is 0 Å². The van der Waals surface area contributed by atoms with Gasteiger partial charge in [-0.15, -0.1) is 0 Å². The van der Waals surface area contributed by atoms with Crippen molar-refractivity contribution in [2.24, 2.45) is 0 Å². The highest BCUT2D eigenvalue weighted by Gasteiger charge is 2.31. The van der Waals surface area contributed by atoms with Crippen LogP contribution in [-0.2, 0) is 0 Å². The Hall–Kier alpha value is -2.51. The van der Waals surface area contributed by atoms with E-state index in [4.69, 9.17) is 10.8 Å². The van der Waals surface area contributed by atoms with Crippen molar-refractivity contribution in [3.05, 3.63) is 36.2 Å². The van der Waals surface area contributed by atoms with Gasteiger partial charge in [-0.1, -0.05) is 29.8 Å². The third-order valence-electron chi connectivity index (χ3n) is 5.96. The Bertz CT molecular complexity index is 950. The van der Waals surface area contributed by atoms with Crippen LogP contribution in [0.5, 0.6) is 0 Å². The molecule has 140 valence electrons. The number of hydrogen-bond donors (Lipinski definition) is 2. The minimum Gasteiger partial charge on any atom is -0.383 e. The maximum Gasteiger partial charge on any atom is 0.164 e. The molecule has 7 heteroatoms. The maximum atomic E-state index is 6.23. The van der Waals surface area contributed by atoms with Crippen LogP contribution in [0.2, 0.25) is 0 Å². The molecule has 27 heavy (non-hydrogen) atoms. The van der Waals surface area contributed by atoms with Gasteiger partial charge in [0.05, 0.1) is 11.4 Å². The van der Waals surface area contributed by atoms with Crippen LogP contribution >= 0.6 is 0 Å². The number of likely N-dealkylation sites (tertiary alicyclic amines) is 1. The lowest BCUT2D eigenvalue weighted by molar-refractivity contribution is 0.0990. The molecule has 2 aliphatic heterocycles. The molecule has 0 bridgehead atoms. The smallest absolute Gasteiger partial charge is 0.164 e. The van der Waals surface area contributed by atoms with Gasteiger partial charge in [0.2, 0.25) is 0 Å². The Morgan fingerprint density at radius 1 is 1.04 bits per heavy atom. The molecule has 5 rings (SSSR count). The van der Waals surface area contributed by atoms with E-state index in [1.165, 1.54) is 5.56 Å². The number of aromatic nitrogens is 4. The number of rotatable bonds is 3. The quantitative estimate of drug-likeness (QED) is 0.740. The van der Waals surface area contributed by atoms with E-state index in [1.54, 1.807) is 6.33 Å². The Morgan fingerprint density at radius 2 is 1.78 bits per heavy atom. The van der Waals surface area contributed by atoms with E-state index >= 15 is 0 Å². The third-order valence-corrected chi connectivity index (χ3v) is 5.96. The van der Waals surface area contributed by atoms with Gasteiger partial charge in [-0.25, -0.2) is 14.6 Å². The summed E-state index contributed by atoms with van der Waals surface area (Å²) >= 11 is 0. The minimum absolute atomic E-state index is 0.352. The predicted molar refractivity (Wildman–Crippen MR) is 106 cm³/mol. The number of piperidine rings is 1. The van der Waals surface area contributed by atoms with Crippen molar-refractivity contribution >= 4 is 16.9 Å². The Labute approximate surface area is 158 Å². The molecular weight excluding hydrogens is 338 g/mol. The third kappa shape index (κ3) is 2.87. The molecule has 2 aliphatic rings. The van der Waals surface area contributed by atoms with E-state index < -0.39 is 0 Å². The minimum atomic E-state index is 0.352. The highest BCUT2D eigenvalue weighted by atomic mass is 15.3. The summed E-state index contributed by atoms with van der Waals surface area (Å²) in [6.45, 7) is 6.55. The van der Waals surface area contributed by atoms with E-state index in [9.17, 15) is 0 Å². The van der Waals surface area contributed by atoms with E-state index in [0.717, 1.165) is 61.3 Å². The zero-order valence-corrected chi connectivity index (χ0v) is 15.6. The highest BCUT2D eigenvalue weighted by Crippen LogP contribution is 2.34. The normalized spacial score (nSPS) is 19.4. The molecule has 3 N–H and O–H groups in total. The van der Waals surface area contributed by atoms with Gasteiger partial charge >= 0.3 is 0 Å². The monoisotopic (exact) mass is 363 g/mol. The summed E-state index contributed by atoms with van der Waals surface area (Å²) < 4.78 is 2.10. The van der Waals surface area contributed by atoms with Crippen LogP contribution in [0.1, 0.15) is 24.4 Å². The van der Waals surface area contributed by atoms with E-state index in [-0.39, 0.29) is 0 Å². The van der Waals surface area contributed by atoms with Gasteiger partial charge in [-0.2, -0.15) is 5.10 Å². The molecule has 2 saturated heterocycles. The predicted octanol–water partition coefficient (Wildman–Crippen LogP) is 1.99. The van der Waals surface area contributed by atoms with E-state index in [2.05, 4.69) is 56.1 Å². The van der Waals surface area contributed by atoms with Crippen molar-refractivity contribution in [1.82, 2.24) is 30.0 Å². The van der Waals surface area contributed by atoms with Crippen molar-refractivity contribution in [2.45, 2.75) is 31.8 Å². The van der Waals surface area contributed by atoms with Gasteiger partial charge in [0.1, 0.15) is 17.8 Å². The van der Waals surface area contributed by atoms with Gasteiger partial charge < -0.3 is 11.1 Å². The first-order chi connectivity index (χ1) is 13.2. The van der Waals surface area contributed by atoms with Gasteiger partial charge in [-0.05, 0) is 19.8 Å². The molecule has 0 unspecified atom stereocenters. The van der Waals surface area contributed by atoms with Crippen molar-refractivity contribution in [1.29, 1.82) is 0 Å². The largest absolute Gasteiger partial charge is 0.383 e. The molecule has 2 fully saturated rings. The highest BCUT2D eigenvalue weighted by molar-refractivity contribution is 5.98. The van der Waals surface area contributed by atoms with Gasteiger partial charge in [0, 0.05) is 37.8 Å². The standard InChI is InChI=1S/C20H25N7/c1-13-2-4-14(5-3-13)18-17-19(21)23-12-24-20(17)27(25-18)15-6-8-26(9-7-15)16-10-22-11-16/h2-5,12,15-16,22H,6-11H2,1H3,(H2,21,23,24). The molecule has 3 aromatic rings. The first-order valence-electron chi connectivity index (χ1n) is 9.71. The molecule has 0 radical (unpaired) electrons. The maximum absolute atomic E-state index is 6.23. The second-order valence-electron chi connectivity index (χ2n) is 7.70. The van der Waals surface area contributed by atoms with Crippen molar-refractivity contribution < 1.29 is 0 Å². The van der Waals surface area contributed by atoms with Crippen LogP contribution in [0, 0.1) is 6.92 Å². The van der Waals surface area contributed by atoms with E-state index in [1.807, 2.05) is 0 Å². The van der Waals surface area contributed by atoms with Gasteiger partial charge in [0.15, 0.2) is 5.65 Å². The lowest BCUT2D eigenvalue weighted by Crippen LogP contribution is -2.58. The zero-order chi connectivity index (χ0) is 18.4. The molecule has 1 aromatic carbocycles. The fraction of sp³-hybridized carbons (Fsp3) is 0.450. The lowest BCUT2D eigenvalue weighted by atomic mass is 10.0. The SMILES string of the molecule is Cc1ccc(-c2nn(C3CCN(C4CNC4)CC3)c3ncnc(N)c23)cc1. The van der Waals surface area contributed by atoms with Crippen LogP contribution < -0.4 is 11.1 Å². The lowest BCUT2D eigenvalue weighted by Gasteiger charge is -2.42. The Balaban J connectivity index is 1.51. The number of anilines is 1. The number of nitrogens with two attached hydrogens (primary N) is 1. The molecule has 0 amide bonds. The molecule has 0 aliphatic carbocycles. The number of fused-ring (bicyclic) bond motifs is 1. The van der Waals surface area contributed by atoms with Crippen molar-refractivity contribution in [2.75, 3.05) is 31.9 Å². The summed E-state index contributed by atoms with van der Waals surface area (Å²) in [6, 6.07) is 9.46. The molecule has 0 spiro atoms. The summed E-state index contributed by atoms with van der Waals surface area (Å²) in [7, 11) is 0. The summed E-state index contributed by atoms with van der Waals surface area (Å²) in [5, 5.41) is 9.22. The van der Waals surface area contributed by atoms with Crippen LogP contribution in [-0.4, -0.2) is 56.9 Å². The fourth-order valence-electron chi connectivity index (χ4n) is 4.19. The first kappa shape index (κ1) is 16.6. The second-order valence-corrected chi connectivity index (χ2v) is 7.70. The molecule has 0 atom stereocenters. The Kier molecular flexibility index (Phi) is 4.06. The van der Waals surface area contributed by atoms with Crippen molar-refractivity contribution in [3.8, 4) is 11.3 Å². The van der Waals surface area contributed by atoms with Gasteiger partial charge in [-0.3, -0.25) is 4.90 Å². The summed E-state index contributed by atoms with van der Waals surface area (Å²) in [5.41, 5.74) is 10.3. The average Bonchev–Trinajstić information content (AvgIpc) is 3.03. The fourth-order valence-corrected chi connectivity index (χ4v) is 4.19. The van der Waals surface area contributed by atoms with Crippen LogP contribution in [0.25, 0.3) is 22.3 Å². The number of nitrogen functional groups attached to an aromatic ring is 1. The molecular formula is C20H25N7. The van der Waals surface area contributed by atoms with Crippen LogP contribution in [0.3, 0.4) is 0 Å². The number of hydrogen-bond acceptors (Lipinski definition) is 6. The number of nitrogens with one attached hydrogen (secondary N) is 1. The molecule has 2 aromatic heterocycles. The molecule has 0 saturated carbocycles. The number of aryl methyl sites for hydroxylation is 1. The Morgan fingerprint density at radius 3 is 2.44 bits per heavy atom. The number of nitrogens with zero attached hydrogens (tertiary/aromatic N) is 5.